The van der Waals surface area contributed by atoms with Gasteiger partial charge in [0.1, 0.15) is 0 Å². The molecule has 0 bridgehead atoms. The number of carbonyl (C=O) groups excluding carboxylic acids is 1. The standard InChI is InChI=1S/C14H18Cl2N2O.ClH/c15-11-6-5-10(12(16)9-11)3-1-8-18-14(19)13-4-2-7-17-13;/h5-6,9,13,17H,1-4,7-8H2,(H,18,19);1H. The molecule has 1 aromatic carbocycles. The average molecular weight is 338 g/mol. The van der Waals surface area contributed by atoms with E-state index in [0.29, 0.717) is 16.6 Å². The van der Waals surface area contributed by atoms with Crippen molar-refractivity contribution in [1.29, 1.82) is 0 Å². The van der Waals surface area contributed by atoms with Crippen LogP contribution in [0.4, 0.5) is 0 Å². The molecule has 3 nitrogen and oxygen atoms in total. The van der Waals surface area contributed by atoms with E-state index < -0.39 is 0 Å². The van der Waals surface area contributed by atoms with E-state index in [4.69, 9.17) is 23.2 Å². The van der Waals surface area contributed by atoms with E-state index in [0.717, 1.165) is 37.8 Å². The Hall–Kier alpha value is -0.480. The highest BCUT2D eigenvalue weighted by molar-refractivity contribution is 6.35. The fraction of sp³-hybridized carbons (Fsp3) is 0.500. The number of rotatable bonds is 5. The average Bonchev–Trinajstić information content (AvgIpc) is 2.90. The number of aryl methyl sites for hydroxylation is 1. The number of halogens is 3. The second kappa shape index (κ2) is 8.73. The van der Waals surface area contributed by atoms with E-state index in [1.165, 1.54) is 0 Å². The van der Waals surface area contributed by atoms with Crippen LogP contribution < -0.4 is 10.6 Å². The highest BCUT2D eigenvalue weighted by atomic mass is 35.5. The summed E-state index contributed by atoms with van der Waals surface area (Å²) in [6.07, 6.45) is 3.74. The number of hydrogen-bond donors (Lipinski definition) is 2. The Bertz CT molecular complexity index is 448. The maximum absolute atomic E-state index is 11.8. The molecule has 0 saturated carbocycles. The van der Waals surface area contributed by atoms with Crippen molar-refractivity contribution >= 4 is 41.5 Å². The Morgan fingerprint density at radius 1 is 1.40 bits per heavy atom. The Morgan fingerprint density at radius 3 is 2.85 bits per heavy atom. The normalized spacial score (nSPS) is 17.6. The number of carbonyl (C=O) groups is 1. The number of benzene rings is 1. The van der Waals surface area contributed by atoms with Gasteiger partial charge in [0, 0.05) is 16.6 Å². The summed E-state index contributed by atoms with van der Waals surface area (Å²) in [5.41, 5.74) is 1.07. The van der Waals surface area contributed by atoms with Crippen molar-refractivity contribution in [3.8, 4) is 0 Å². The van der Waals surface area contributed by atoms with Crippen LogP contribution in [0.15, 0.2) is 18.2 Å². The number of amides is 1. The Balaban J connectivity index is 0.00000200. The van der Waals surface area contributed by atoms with Gasteiger partial charge in [0.15, 0.2) is 0 Å². The van der Waals surface area contributed by atoms with Gasteiger partial charge in [-0.25, -0.2) is 0 Å². The van der Waals surface area contributed by atoms with Crippen molar-refractivity contribution in [2.75, 3.05) is 13.1 Å². The van der Waals surface area contributed by atoms with Crippen LogP contribution in [0.1, 0.15) is 24.8 Å². The largest absolute Gasteiger partial charge is 0.355 e. The topological polar surface area (TPSA) is 41.1 Å². The first-order valence-electron chi connectivity index (χ1n) is 6.62. The summed E-state index contributed by atoms with van der Waals surface area (Å²) >= 11 is 11.9. The molecule has 1 saturated heterocycles. The van der Waals surface area contributed by atoms with Crippen molar-refractivity contribution in [3.63, 3.8) is 0 Å². The summed E-state index contributed by atoms with van der Waals surface area (Å²) in [5.74, 6) is 0.111. The molecule has 20 heavy (non-hydrogen) atoms. The lowest BCUT2D eigenvalue weighted by molar-refractivity contribution is -0.122. The van der Waals surface area contributed by atoms with Gasteiger partial charge < -0.3 is 10.6 Å². The highest BCUT2D eigenvalue weighted by Crippen LogP contribution is 2.21. The van der Waals surface area contributed by atoms with Gasteiger partial charge in [-0.05, 0) is 49.9 Å². The molecule has 1 heterocycles. The van der Waals surface area contributed by atoms with E-state index in [2.05, 4.69) is 10.6 Å². The van der Waals surface area contributed by atoms with Crippen molar-refractivity contribution in [1.82, 2.24) is 10.6 Å². The van der Waals surface area contributed by atoms with Crippen LogP contribution in [-0.4, -0.2) is 25.0 Å². The Morgan fingerprint density at radius 2 is 2.20 bits per heavy atom. The fourth-order valence-electron chi connectivity index (χ4n) is 2.25. The summed E-state index contributed by atoms with van der Waals surface area (Å²) in [5, 5.41) is 7.48. The van der Waals surface area contributed by atoms with Gasteiger partial charge in [-0.3, -0.25) is 4.79 Å². The number of hydrogen-bond acceptors (Lipinski definition) is 2. The van der Waals surface area contributed by atoms with Crippen LogP contribution in [0, 0.1) is 0 Å². The molecule has 0 aromatic heterocycles. The molecule has 1 atom stereocenters. The van der Waals surface area contributed by atoms with Gasteiger partial charge in [0.05, 0.1) is 6.04 Å². The third kappa shape index (κ3) is 5.13. The van der Waals surface area contributed by atoms with Crippen molar-refractivity contribution in [2.45, 2.75) is 31.7 Å². The molecule has 1 unspecified atom stereocenters. The lowest BCUT2D eigenvalue weighted by atomic mass is 10.1. The van der Waals surface area contributed by atoms with E-state index in [1.807, 2.05) is 12.1 Å². The van der Waals surface area contributed by atoms with Gasteiger partial charge in [-0.1, -0.05) is 29.3 Å². The maximum atomic E-state index is 11.8. The van der Waals surface area contributed by atoms with Gasteiger partial charge >= 0.3 is 0 Å². The molecule has 112 valence electrons. The molecule has 2 N–H and O–H groups in total. The zero-order chi connectivity index (χ0) is 13.7. The first-order chi connectivity index (χ1) is 9.16. The monoisotopic (exact) mass is 336 g/mol. The summed E-state index contributed by atoms with van der Waals surface area (Å²) in [6.45, 7) is 1.62. The molecule has 1 aromatic rings. The molecule has 0 spiro atoms. The molecular weight excluding hydrogens is 319 g/mol. The summed E-state index contributed by atoms with van der Waals surface area (Å²) in [7, 11) is 0. The zero-order valence-electron chi connectivity index (χ0n) is 11.1. The van der Waals surface area contributed by atoms with Crippen molar-refractivity contribution < 1.29 is 4.79 Å². The SMILES string of the molecule is Cl.O=C(NCCCc1ccc(Cl)cc1Cl)C1CCCN1. The minimum absolute atomic E-state index is 0. The van der Waals surface area contributed by atoms with Crippen LogP contribution in [0.3, 0.4) is 0 Å². The number of nitrogens with one attached hydrogen (secondary N) is 2. The third-order valence-corrected chi connectivity index (χ3v) is 3.90. The van der Waals surface area contributed by atoms with Gasteiger partial charge in [0.25, 0.3) is 0 Å². The molecule has 0 radical (unpaired) electrons. The summed E-state index contributed by atoms with van der Waals surface area (Å²) in [6, 6.07) is 5.52. The first-order valence-corrected chi connectivity index (χ1v) is 7.37. The van der Waals surface area contributed by atoms with Crippen LogP contribution in [0.2, 0.25) is 10.0 Å². The quantitative estimate of drug-likeness (QED) is 0.810. The molecule has 1 fully saturated rings. The molecule has 1 amide bonds. The zero-order valence-corrected chi connectivity index (χ0v) is 13.5. The van der Waals surface area contributed by atoms with Crippen molar-refractivity contribution in [3.05, 3.63) is 33.8 Å². The molecule has 1 aliphatic heterocycles. The van der Waals surface area contributed by atoms with E-state index in [9.17, 15) is 4.79 Å². The fourth-order valence-corrected chi connectivity index (χ4v) is 2.75. The van der Waals surface area contributed by atoms with Crippen LogP contribution in [0.5, 0.6) is 0 Å². The minimum Gasteiger partial charge on any atom is -0.355 e. The lowest BCUT2D eigenvalue weighted by Gasteiger charge is -2.11. The van der Waals surface area contributed by atoms with E-state index in [-0.39, 0.29) is 24.4 Å². The molecule has 2 rings (SSSR count). The van der Waals surface area contributed by atoms with Gasteiger partial charge in [-0.2, -0.15) is 0 Å². The maximum Gasteiger partial charge on any atom is 0.237 e. The highest BCUT2D eigenvalue weighted by Gasteiger charge is 2.21. The van der Waals surface area contributed by atoms with Crippen LogP contribution in [-0.2, 0) is 11.2 Å². The Kier molecular flexibility index (Phi) is 7.67. The third-order valence-electron chi connectivity index (χ3n) is 3.31. The lowest BCUT2D eigenvalue weighted by Crippen LogP contribution is -2.40. The summed E-state index contributed by atoms with van der Waals surface area (Å²) < 4.78 is 0. The van der Waals surface area contributed by atoms with E-state index >= 15 is 0 Å². The molecular formula is C14H19Cl3N2O. The van der Waals surface area contributed by atoms with E-state index in [1.54, 1.807) is 6.07 Å². The molecule has 0 aliphatic carbocycles. The smallest absolute Gasteiger partial charge is 0.237 e. The minimum atomic E-state index is -0.000815. The summed E-state index contributed by atoms with van der Waals surface area (Å²) in [4.78, 5) is 11.8. The van der Waals surface area contributed by atoms with Crippen LogP contribution in [0.25, 0.3) is 0 Å². The molecule has 6 heteroatoms. The molecule has 1 aliphatic rings. The predicted octanol–water partition coefficient (Wildman–Crippen LogP) is 3.22. The second-order valence-corrected chi connectivity index (χ2v) is 5.62. The van der Waals surface area contributed by atoms with Gasteiger partial charge in [-0.15, -0.1) is 12.4 Å². The van der Waals surface area contributed by atoms with Crippen LogP contribution >= 0.6 is 35.6 Å². The van der Waals surface area contributed by atoms with Crippen molar-refractivity contribution in [2.24, 2.45) is 0 Å². The first kappa shape index (κ1) is 17.6. The Labute approximate surface area is 135 Å². The second-order valence-electron chi connectivity index (χ2n) is 4.78. The van der Waals surface area contributed by atoms with Gasteiger partial charge in [0.2, 0.25) is 5.91 Å². The predicted molar refractivity (Wildman–Crippen MR) is 86.1 cm³/mol.